The minimum Gasteiger partial charge on any atom is -0.258 e. The summed E-state index contributed by atoms with van der Waals surface area (Å²) in [6, 6.07) is 3.72. The lowest BCUT2D eigenvalue weighted by atomic mass is 9.82. The van der Waals surface area contributed by atoms with Gasteiger partial charge in [0.15, 0.2) is 5.41 Å². The van der Waals surface area contributed by atoms with Crippen LogP contribution < -0.4 is 0 Å². The molecule has 0 saturated carbocycles. The Morgan fingerprint density at radius 3 is 2.00 bits per heavy atom. The number of nitrogens with zero attached hydrogens (tertiary/aromatic N) is 1. The third-order valence-electron chi connectivity index (χ3n) is 2.93. The summed E-state index contributed by atoms with van der Waals surface area (Å²) in [6.07, 6.45) is -12.5. The van der Waals surface area contributed by atoms with E-state index < -0.39 is 40.4 Å². The van der Waals surface area contributed by atoms with E-state index >= 15 is 0 Å². The minimum absolute atomic E-state index is 0.0336. The Kier molecular flexibility index (Phi) is 4.02. The van der Waals surface area contributed by atoms with Crippen molar-refractivity contribution in [3.8, 4) is 0 Å². The topological polar surface area (TPSA) is 43.1 Å². The van der Waals surface area contributed by atoms with E-state index in [0.29, 0.717) is 6.07 Å². The van der Waals surface area contributed by atoms with Crippen LogP contribution in [0.25, 0.3) is 0 Å². The largest absolute Gasteiger partial charge is 0.403 e. The van der Waals surface area contributed by atoms with Crippen LogP contribution in [0.15, 0.2) is 24.3 Å². The summed E-state index contributed by atoms with van der Waals surface area (Å²) in [5.41, 5.74) is -4.93. The number of nitro groups is 1. The summed E-state index contributed by atoms with van der Waals surface area (Å²) in [5.74, 6) is 0. The standard InChI is InChI=1S/C11H9F6NO2/c1-9(10(12,13)14,11(15,16)17)6-7-3-2-4-8(5-7)18(19)20/h2-5H,6H2,1H3. The van der Waals surface area contributed by atoms with Crippen LogP contribution in [0.4, 0.5) is 32.0 Å². The van der Waals surface area contributed by atoms with Gasteiger partial charge in [-0.3, -0.25) is 10.1 Å². The van der Waals surface area contributed by atoms with Gasteiger partial charge in [0.2, 0.25) is 0 Å². The monoisotopic (exact) mass is 301 g/mol. The zero-order valence-electron chi connectivity index (χ0n) is 10.0. The summed E-state index contributed by atoms with van der Waals surface area (Å²) in [7, 11) is 0. The number of rotatable bonds is 3. The maximum atomic E-state index is 12.7. The molecule has 0 heterocycles. The van der Waals surface area contributed by atoms with E-state index in [1.165, 1.54) is 0 Å². The number of non-ortho nitro benzene ring substituents is 1. The number of hydrogen-bond donors (Lipinski definition) is 0. The number of nitro benzene ring substituents is 1. The third kappa shape index (κ3) is 3.02. The highest BCUT2D eigenvalue weighted by Crippen LogP contribution is 2.52. The predicted molar refractivity (Wildman–Crippen MR) is 57.0 cm³/mol. The lowest BCUT2D eigenvalue weighted by Gasteiger charge is -2.34. The van der Waals surface area contributed by atoms with Gasteiger partial charge in [0, 0.05) is 12.1 Å². The molecule has 0 aliphatic heterocycles. The fraction of sp³-hybridized carbons (Fsp3) is 0.455. The molecule has 0 unspecified atom stereocenters. The highest BCUT2D eigenvalue weighted by atomic mass is 19.4. The molecule has 0 N–H and O–H groups in total. The second-order valence-corrected chi connectivity index (χ2v) is 4.43. The van der Waals surface area contributed by atoms with Gasteiger partial charge in [-0.2, -0.15) is 26.3 Å². The number of alkyl halides is 6. The van der Waals surface area contributed by atoms with Gasteiger partial charge in [-0.25, -0.2) is 0 Å². The molecule has 0 bridgehead atoms. The van der Waals surface area contributed by atoms with Crippen molar-refractivity contribution in [2.24, 2.45) is 5.41 Å². The average Bonchev–Trinajstić information content (AvgIpc) is 2.26. The zero-order chi connectivity index (χ0) is 15.8. The molecule has 0 atom stereocenters. The van der Waals surface area contributed by atoms with Crippen LogP contribution in [0.3, 0.4) is 0 Å². The summed E-state index contributed by atoms with van der Waals surface area (Å²) in [4.78, 5) is 9.59. The molecule has 9 heteroatoms. The Labute approximate surface area is 109 Å². The Bertz CT molecular complexity index is 494. The Balaban J connectivity index is 3.22. The van der Waals surface area contributed by atoms with Gasteiger partial charge in [-0.15, -0.1) is 0 Å². The molecule has 0 spiro atoms. The predicted octanol–water partition coefficient (Wildman–Crippen LogP) is 4.27. The van der Waals surface area contributed by atoms with Crippen LogP contribution >= 0.6 is 0 Å². The van der Waals surface area contributed by atoms with E-state index in [0.717, 1.165) is 18.2 Å². The summed E-state index contributed by atoms with van der Waals surface area (Å²) < 4.78 is 76.1. The fourth-order valence-corrected chi connectivity index (χ4v) is 1.55. The maximum Gasteiger partial charge on any atom is 0.403 e. The number of hydrogen-bond acceptors (Lipinski definition) is 2. The Morgan fingerprint density at radius 2 is 1.60 bits per heavy atom. The highest BCUT2D eigenvalue weighted by molar-refractivity contribution is 5.35. The van der Waals surface area contributed by atoms with E-state index in [1.54, 1.807) is 0 Å². The fourth-order valence-electron chi connectivity index (χ4n) is 1.55. The van der Waals surface area contributed by atoms with Gasteiger partial charge in [-0.05, 0) is 18.9 Å². The van der Waals surface area contributed by atoms with Gasteiger partial charge in [0.1, 0.15) is 0 Å². The maximum absolute atomic E-state index is 12.7. The van der Waals surface area contributed by atoms with Gasteiger partial charge >= 0.3 is 12.4 Å². The summed E-state index contributed by atoms with van der Waals surface area (Å²) >= 11 is 0. The van der Waals surface area contributed by atoms with Crippen molar-refractivity contribution in [1.82, 2.24) is 0 Å². The molecular formula is C11H9F6NO2. The third-order valence-corrected chi connectivity index (χ3v) is 2.93. The SMILES string of the molecule is CC(Cc1cccc([N+](=O)[O-])c1)(C(F)(F)F)C(F)(F)F. The molecule has 0 aliphatic rings. The smallest absolute Gasteiger partial charge is 0.258 e. The average molecular weight is 301 g/mol. The molecule has 0 saturated heterocycles. The molecule has 0 amide bonds. The lowest BCUT2D eigenvalue weighted by Crippen LogP contribution is -2.49. The van der Waals surface area contributed by atoms with Crippen LogP contribution in [0, 0.1) is 15.5 Å². The minimum atomic E-state index is -5.52. The van der Waals surface area contributed by atoms with Crippen molar-refractivity contribution in [1.29, 1.82) is 0 Å². The van der Waals surface area contributed by atoms with Gasteiger partial charge in [-0.1, -0.05) is 12.1 Å². The van der Waals surface area contributed by atoms with Crippen molar-refractivity contribution < 1.29 is 31.3 Å². The van der Waals surface area contributed by atoms with Crippen LogP contribution in [-0.4, -0.2) is 17.3 Å². The van der Waals surface area contributed by atoms with E-state index in [9.17, 15) is 36.5 Å². The van der Waals surface area contributed by atoms with Crippen molar-refractivity contribution in [3.05, 3.63) is 39.9 Å². The molecule has 20 heavy (non-hydrogen) atoms. The van der Waals surface area contributed by atoms with Crippen molar-refractivity contribution in [3.63, 3.8) is 0 Å². The van der Waals surface area contributed by atoms with Crippen LogP contribution in [0.2, 0.25) is 0 Å². The number of benzene rings is 1. The van der Waals surface area contributed by atoms with Crippen molar-refractivity contribution in [2.45, 2.75) is 25.7 Å². The second kappa shape index (κ2) is 4.95. The van der Waals surface area contributed by atoms with E-state index in [1.807, 2.05) is 0 Å². The van der Waals surface area contributed by atoms with E-state index in [4.69, 9.17) is 0 Å². The molecule has 112 valence electrons. The molecule has 0 radical (unpaired) electrons. The molecule has 1 aromatic carbocycles. The first-order valence-corrected chi connectivity index (χ1v) is 5.25. The van der Waals surface area contributed by atoms with Gasteiger partial charge in [0.05, 0.1) is 4.92 Å². The van der Waals surface area contributed by atoms with Crippen molar-refractivity contribution >= 4 is 5.69 Å². The number of halogens is 6. The Hall–Kier alpha value is -1.80. The highest BCUT2D eigenvalue weighted by Gasteiger charge is 2.67. The van der Waals surface area contributed by atoms with Crippen LogP contribution in [0.1, 0.15) is 12.5 Å². The first kappa shape index (κ1) is 16.3. The summed E-state index contributed by atoms with van der Waals surface area (Å²) in [6.45, 7) is 0.0336. The molecule has 3 nitrogen and oxygen atoms in total. The quantitative estimate of drug-likeness (QED) is 0.475. The van der Waals surface area contributed by atoms with Crippen LogP contribution in [-0.2, 0) is 6.42 Å². The first-order chi connectivity index (χ1) is 8.88. The first-order valence-electron chi connectivity index (χ1n) is 5.25. The lowest BCUT2D eigenvalue weighted by molar-refractivity contribution is -0.385. The van der Waals surface area contributed by atoms with Gasteiger partial charge < -0.3 is 0 Å². The molecule has 1 aromatic rings. The zero-order valence-corrected chi connectivity index (χ0v) is 10.0. The van der Waals surface area contributed by atoms with E-state index in [2.05, 4.69) is 0 Å². The summed E-state index contributed by atoms with van der Waals surface area (Å²) in [5, 5.41) is 10.5. The van der Waals surface area contributed by atoms with Gasteiger partial charge in [0.25, 0.3) is 5.69 Å². The second-order valence-electron chi connectivity index (χ2n) is 4.43. The van der Waals surface area contributed by atoms with E-state index in [-0.39, 0.29) is 6.92 Å². The van der Waals surface area contributed by atoms with Crippen molar-refractivity contribution in [2.75, 3.05) is 0 Å². The Morgan fingerprint density at radius 1 is 1.10 bits per heavy atom. The van der Waals surface area contributed by atoms with Crippen LogP contribution in [0.5, 0.6) is 0 Å². The molecule has 0 aliphatic carbocycles. The molecule has 0 fully saturated rings. The molecular weight excluding hydrogens is 292 g/mol. The molecule has 1 rings (SSSR count). The normalized spacial score (nSPS) is 13.3. The molecule has 0 aromatic heterocycles.